The number of sulfonamides is 1. The number of halogens is 4. The van der Waals surface area contributed by atoms with Gasteiger partial charge < -0.3 is 10.5 Å². The lowest BCUT2D eigenvalue weighted by molar-refractivity contribution is -0.137. The van der Waals surface area contributed by atoms with Crippen molar-refractivity contribution in [1.82, 2.24) is 4.72 Å². The van der Waals surface area contributed by atoms with Gasteiger partial charge in [-0.2, -0.15) is 13.2 Å². The van der Waals surface area contributed by atoms with Crippen LogP contribution in [0.15, 0.2) is 23.1 Å². The first-order valence-electron chi connectivity index (χ1n) is 7.22. The van der Waals surface area contributed by atoms with Gasteiger partial charge in [-0.1, -0.05) is 0 Å². The van der Waals surface area contributed by atoms with E-state index in [2.05, 4.69) is 0 Å². The molecule has 0 aromatic heterocycles. The second-order valence-electron chi connectivity index (χ2n) is 5.72. The van der Waals surface area contributed by atoms with Crippen molar-refractivity contribution in [1.29, 1.82) is 0 Å². The largest absolute Gasteiger partial charge is 0.416 e. The van der Waals surface area contributed by atoms with Crippen molar-refractivity contribution in [2.24, 2.45) is 11.1 Å². The number of amides is 1. The molecule has 6 nitrogen and oxygen atoms in total. The maximum absolute atomic E-state index is 13.8. The van der Waals surface area contributed by atoms with E-state index >= 15 is 0 Å². The predicted octanol–water partition coefficient (Wildman–Crippen LogP) is 1.40. The number of nitrogens with two attached hydrogens (primary N) is 1. The molecule has 1 saturated heterocycles. The Hall–Kier alpha value is -1.72. The summed E-state index contributed by atoms with van der Waals surface area (Å²) in [5.74, 6) is -2.09. The van der Waals surface area contributed by atoms with Crippen LogP contribution < -0.4 is 10.5 Å². The fourth-order valence-corrected chi connectivity index (χ4v) is 3.70. The fraction of sp³-hybridized carbons (Fsp3) is 0.500. The Bertz CT molecular complexity index is 759. The summed E-state index contributed by atoms with van der Waals surface area (Å²) in [6, 6.07) is 1.08. The van der Waals surface area contributed by atoms with Crippen LogP contribution >= 0.6 is 0 Å². The zero-order valence-electron chi connectivity index (χ0n) is 12.9. The molecule has 140 valence electrons. The number of hydrogen-bond donors (Lipinski definition) is 2. The van der Waals surface area contributed by atoms with Gasteiger partial charge in [0, 0.05) is 19.8 Å². The Labute approximate surface area is 141 Å². The summed E-state index contributed by atoms with van der Waals surface area (Å²) in [7, 11) is -4.62. The van der Waals surface area contributed by atoms with Crippen molar-refractivity contribution in [2.45, 2.75) is 23.9 Å². The first-order valence-corrected chi connectivity index (χ1v) is 8.70. The third-order valence-electron chi connectivity index (χ3n) is 4.12. The average Bonchev–Trinajstić information content (AvgIpc) is 2.53. The van der Waals surface area contributed by atoms with Crippen LogP contribution in [0.5, 0.6) is 0 Å². The van der Waals surface area contributed by atoms with E-state index in [1.54, 1.807) is 0 Å². The number of rotatable bonds is 5. The van der Waals surface area contributed by atoms with E-state index in [1.165, 1.54) is 0 Å². The number of hydrogen-bond acceptors (Lipinski definition) is 4. The van der Waals surface area contributed by atoms with E-state index in [0.29, 0.717) is 12.1 Å². The molecule has 0 aliphatic carbocycles. The summed E-state index contributed by atoms with van der Waals surface area (Å²) < 4.78 is 83.5. The van der Waals surface area contributed by atoms with E-state index in [1.807, 2.05) is 4.72 Å². The average molecular weight is 384 g/mol. The van der Waals surface area contributed by atoms with Crippen molar-refractivity contribution in [3.63, 3.8) is 0 Å². The number of carbonyl (C=O) groups is 1. The van der Waals surface area contributed by atoms with Crippen molar-refractivity contribution < 1.29 is 35.5 Å². The third kappa shape index (κ3) is 4.28. The lowest BCUT2D eigenvalue weighted by Gasteiger charge is -2.34. The molecular weight excluding hydrogens is 368 g/mol. The van der Waals surface area contributed by atoms with Gasteiger partial charge in [-0.05, 0) is 31.0 Å². The van der Waals surface area contributed by atoms with E-state index in [0.717, 1.165) is 0 Å². The molecule has 0 spiro atoms. The molecule has 25 heavy (non-hydrogen) atoms. The molecule has 0 radical (unpaired) electrons. The predicted molar refractivity (Wildman–Crippen MR) is 78.3 cm³/mol. The maximum Gasteiger partial charge on any atom is 0.416 e. The van der Waals surface area contributed by atoms with Crippen LogP contribution in [0.4, 0.5) is 17.6 Å². The molecule has 1 amide bonds. The number of carbonyl (C=O) groups excluding carboxylic acids is 1. The monoisotopic (exact) mass is 384 g/mol. The minimum absolute atomic E-state index is 0.149. The molecular formula is C14H16F4N2O4S. The van der Waals surface area contributed by atoms with Gasteiger partial charge in [-0.3, -0.25) is 4.79 Å². The van der Waals surface area contributed by atoms with Crippen LogP contribution in [0.1, 0.15) is 18.4 Å². The molecule has 0 unspecified atom stereocenters. The fourth-order valence-electron chi connectivity index (χ4n) is 2.47. The highest BCUT2D eigenvalue weighted by atomic mass is 32.2. The number of nitrogens with one attached hydrogen (secondary N) is 1. The van der Waals surface area contributed by atoms with Crippen LogP contribution in [0.3, 0.4) is 0 Å². The van der Waals surface area contributed by atoms with Gasteiger partial charge in [-0.15, -0.1) is 0 Å². The summed E-state index contributed by atoms with van der Waals surface area (Å²) in [6.45, 7) is -0.0884. The molecule has 1 aliphatic rings. The third-order valence-corrected chi connectivity index (χ3v) is 5.54. The topological polar surface area (TPSA) is 98.5 Å². The first-order chi connectivity index (χ1) is 11.5. The molecule has 0 atom stereocenters. The van der Waals surface area contributed by atoms with Gasteiger partial charge in [0.15, 0.2) is 0 Å². The molecule has 2 rings (SSSR count). The number of primary amides is 1. The zero-order valence-corrected chi connectivity index (χ0v) is 13.7. The first kappa shape index (κ1) is 19.6. The molecule has 1 fully saturated rings. The summed E-state index contributed by atoms with van der Waals surface area (Å²) in [5, 5.41) is 0. The van der Waals surface area contributed by atoms with Crippen LogP contribution in [0.2, 0.25) is 0 Å². The molecule has 1 aromatic rings. The van der Waals surface area contributed by atoms with Gasteiger partial charge in [0.25, 0.3) is 0 Å². The van der Waals surface area contributed by atoms with E-state index < -0.39 is 50.3 Å². The zero-order chi connectivity index (χ0) is 18.9. The van der Waals surface area contributed by atoms with Crippen LogP contribution in [-0.4, -0.2) is 34.1 Å². The van der Waals surface area contributed by atoms with E-state index in [-0.39, 0.29) is 32.1 Å². The Morgan fingerprint density at radius 2 is 1.88 bits per heavy atom. The summed E-state index contributed by atoms with van der Waals surface area (Å²) in [5.41, 5.74) is 2.80. The normalized spacial score (nSPS) is 18.1. The van der Waals surface area contributed by atoms with E-state index in [9.17, 15) is 30.8 Å². The molecule has 3 N–H and O–H groups in total. The van der Waals surface area contributed by atoms with Crippen molar-refractivity contribution in [2.75, 3.05) is 19.8 Å². The molecule has 0 bridgehead atoms. The molecule has 1 aliphatic heterocycles. The molecule has 1 aromatic carbocycles. The summed E-state index contributed by atoms with van der Waals surface area (Å²) in [4.78, 5) is 10.5. The summed E-state index contributed by atoms with van der Waals surface area (Å²) >= 11 is 0. The minimum Gasteiger partial charge on any atom is -0.381 e. The highest BCUT2D eigenvalue weighted by Crippen LogP contribution is 2.33. The quantitative estimate of drug-likeness (QED) is 0.750. The number of alkyl halides is 3. The highest BCUT2D eigenvalue weighted by molar-refractivity contribution is 7.89. The van der Waals surface area contributed by atoms with Crippen molar-refractivity contribution in [3.8, 4) is 0 Å². The SMILES string of the molecule is NC(=O)C1(CNS(=O)(=O)c2cc(C(F)(F)F)ccc2F)CCOCC1. The van der Waals surface area contributed by atoms with E-state index in [4.69, 9.17) is 10.5 Å². The maximum atomic E-state index is 13.8. The lowest BCUT2D eigenvalue weighted by Crippen LogP contribution is -2.49. The lowest BCUT2D eigenvalue weighted by atomic mass is 9.80. The molecule has 11 heteroatoms. The number of ether oxygens (including phenoxy) is 1. The minimum atomic E-state index is -4.83. The Kier molecular flexibility index (Phi) is 5.40. The van der Waals surface area contributed by atoms with Gasteiger partial charge in [0.1, 0.15) is 10.7 Å². The Morgan fingerprint density at radius 3 is 2.40 bits per heavy atom. The second-order valence-corrected chi connectivity index (χ2v) is 7.46. The van der Waals surface area contributed by atoms with Crippen LogP contribution in [-0.2, 0) is 25.7 Å². The van der Waals surface area contributed by atoms with Crippen LogP contribution in [0, 0.1) is 11.2 Å². The van der Waals surface area contributed by atoms with Gasteiger partial charge >= 0.3 is 6.18 Å². The smallest absolute Gasteiger partial charge is 0.381 e. The van der Waals surface area contributed by atoms with Crippen LogP contribution in [0.25, 0.3) is 0 Å². The second kappa shape index (κ2) is 6.89. The van der Waals surface area contributed by atoms with Crippen molar-refractivity contribution >= 4 is 15.9 Å². The highest BCUT2D eigenvalue weighted by Gasteiger charge is 2.40. The van der Waals surface area contributed by atoms with Gasteiger partial charge in [-0.25, -0.2) is 17.5 Å². The molecule has 0 saturated carbocycles. The van der Waals surface area contributed by atoms with Gasteiger partial charge in [0.05, 0.1) is 11.0 Å². The molecule has 1 heterocycles. The summed E-state index contributed by atoms with van der Waals surface area (Å²) in [6.07, 6.45) is -4.53. The Morgan fingerprint density at radius 1 is 1.28 bits per heavy atom. The van der Waals surface area contributed by atoms with Crippen molar-refractivity contribution in [3.05, 3.63) is 29.6 Å². The standard InChI is InChI=1S/C14H16F4N2O4S/c15-10-2-1-9(14(16,17)18)7-11(10)25(22,23)20-8-13(12(19)21)3-5-24-6-4-13/h1-2,7,20H,3-6,8H2,(H2,19,21). The van der Waals surface area contributed by atoms with Gasteiger partial charge in [0.2, 0.25) is 15.9 Å². The number of benzene rings is 1. The Balaban J connectivity index is 2.28.